The Hall–Kier alpha value is -3.67. The minimum absolute atomic E-state index is 0.0458. The number of hydrogen-bond acceptors (Lipinski definition) is 7. The van der Waals surface area contributed by atoms with Crippen LogP contribution in [-0.4, -0.2) is 45.4 Å². The minimum atomic E-state index is -3.90. The number of benzene rings is 2. The van der Waals surface area contributed by atoms with E-state index in [-0.39, 0.29) is 17.0 Å². The van der Waals surface area contributed by atoms with Crippen molar-refractivity contribution in [3.05, 3.63) is 58.5 Å². The van der Waals surface area contributed by atoms with Crippen LogP contribution >= 0.6 is 0 Å². The summed E-state index contributed by atoms with van der Waals surface area (Å²) >= 11 is 0. The fourth-order valence-corrected chi connectivity index (χ4v) is 6.10. The number of sulfonamides is 1. The Morgan fingerprint density at radius 3 is 2.57 bits per heavy atom. The molecular weight excluding hydrogens is 498 g/mol. The van der Waals surface area contributed by atoms with Gasteiger partial charge < -0.3 is 9.84 Å². The fourth-order valence-electron chi connectivity index (χ4n) is 5.00. The van der Waals surface area contributed by atoms with E-state index in [1.54, 1.807) is 24.3 Å². The molecule has 1 atom stereocenters. The summed E-state index contributed by atoms with van der Waals surface area (Å²) in [6, 6.07) is 10.7. The van der Waals surface area contributed by atoms with Crippen molar-refractivity contribution >= 4 is 21.7 Å². The molecule has 0 amide bonds. The van der Waals surface area contributed by atoms with Gasteiger partial charge in [0, 0.05) is 12.2 Å². The molecule has 0 radical (unpaired) electrons. The topological polar surface area (TPSA) is 145 Å². The highest BCUT2D eigenvalue weighted by Gasteiger charge is 2.27. The van der Waals surface area contributed by atoms with Gasteiger partial charge in [-0.2, -0.15) is 9.36 Å². The Morgan fingerprint density at radius 1 is 1.08 bits per heavy atom. The molecule has 37 heavy (non-hydrogen) atoms. The first-order valence-corrected chi connectivity index (χ1v) is 14.0. The highest BCUT2D eigenvalue weighted by Crippen LogP contribution is 2.31. The lowest BCUT2D eigenvalue weighted by molar-refractivity contribution is -0.145. The summed E-state index contributed by atoms with van der Waals surface area (Å²) in [6.45, 7) is 0.524. The third-order valence-corrected chi connectivity index (χ3v) is 8.40. The number of nitrogens with one attached hydrogen (secondary N) is 1. The van der Waals surface area contributed by atoms with Gasteiger partial charge in [-0.1, -0.05) is 25.7 Å². The van der Waals surface area contributed by atoms with E-state index < -0.39 is 22.1 Å². The molecule has 0 unspecified atom stereocenters. The molecule has 2 heterocycles. The lowest BCUT2D eigenvalue weighted by atomic mass is 10.0. The first-order chi connectivity index (χ1) is 17.8. The van der Waals surface area contributed by atoms with Gasteiger partial charge in [0.25, 0.3) is 10.0 Å². The van der Waals surface area contributed by atoms with Gasteiger partial charge in [-0.3, -0.25) is 4.72 Å². The smallest absolute Gasteiger partial charge is 0.368 e. The van der Waals surface area contributed by atoms with Gasteiger partial charge in [0.2, 0.25) is 0 Å². The molecular formula is C25H29N5O6S. The summed E-state index contributed by atoms with van der Waals surface area (Å²) in [4.78, 5) is 23.9. The first-order valence-electron chi connectivity index (χ1n) is 12.5. The van der Waals surface area contributed by atoms with Crippen molar-refractivity contribution in [2.75, 3.05) is 4.72 Å². The van der Waals surface area contributed by atoms with Crippen LogP contribution in [0.5, 0.6) is 5.75 Å². The van der Waals surface area contributed by atoms with Crippen molar-refractivity contribution in [3.63, 3.8) is 0 Å². The normalized spacial score (nSPS) is 17.8. The number of ether oxygens (including phenoxy) is 1. The molecule has 2 N–H and O–H groups in total. The lowest BCUT2D eigenvalue weighted by Crippen LogP contribution is -2.31. The first kappa shape index (κ1) is 25.0. The van der Waals surface area contributed by atoms with Crippen LogP contribution in [0.15, 0.2) is 52.2 Å². The van der Waals surface area contributed by atoms with E-state index >= 15 is 0 Å². The van der Waals surface area contributed by atoms with E-state index in [4.69, 9.17) is 9.84 Å². The van der Waals surface area contributed by atoms with Crippen molar-refractivity contribution < 1.29 is 23.1 Å². The van der Waals surface area contributed by atoms with Crippen molar-refractivity contribution in [1.29, 1.82) is 0 Å². The fraction of sp³-hybridized carbons (Fsp3) is 0.440. The van der Waals surface area contributed by atoms with E-state index in [2.05, 4.69) is 15.1 Å². The summed E-state index contributed by atoms with van der Waals surface area (Å²) in [6.07, 6.45) is 6.85. The van der Waals surface area contributed by atoms with Crippen LogP contribution in [0.3, 0.4) is 0 Å². The van der Waals surface area contributed by atoms with Crippen LogP contribution in [0, 0.1) is 5.92 Å². The van der Waals surface area contributed by atoms with Gasteiger partial charge >= 0.3 is 11.7 Å². The Labute approximate surface area is 214 Å². The van der Waals surface area contributed by atoms with Gasteiger partial charge in [0.1, 0.15) is 5.75 Å². The number of rotatable bonds is 9. The maximum atomic E-state index is 12.9. The predicted octanol–water partition coefficient (Wildman–Crippen LogP) is 2.98. The zero-order valence-electron chi connectivity index (χ0n) is 20.2. The number of tetrazole rings is 1. The number of fused-ring (bicyclic) bond motifs is 1. The average molecular weight is 528 g/mol. The molecule has 196 valence electrons. The third kappa shape index (κ3) is 5.53. The Kier molecular flexibility index (Phi) is 7.00. The molecule has 1 aromatic heterocycles. The Balaban J connectivity index is 1.24. The Bertz CT molecular complexity index is 1440. The van der Waals surface area contributed by atoms with Crippen molar-refractivity contribution in [3.8, 4) is 11.4 Å². The number of aliphatic carboxylic acids is 1. The van der Waals surface area contributed by atoms with Gasteiger partial charge in [0.15, 0.2) is 6.10 Å². The molecule has 1 saturated carbocycles. The molecule has 5 rings (SSSR count). The standard InChI is InChI=1S/C25H29N5O6S/c31-24(32)23-13-7-18-16-21(12-14-22(18)36-23)37(34,35)26-19-8-10-20(11-9-19)30-25(33)29(27-28-30)15-3-6-17-4-1-2-5-17/h8-12,14,16-17,23,26H,1-7,13,15H2,(H,31,32)/t23-/m0/s1. The predicted molar refractivity (Wildman–Crippen MR) is 134 cm³/mol. The molecule has 2 aromatic carbocycles. The monoisotopic (exact) mass is 527 g/mol. The molecule has 1 fully saturated rings. The summed E-state index contributed by atoms with van der Waals surface area (Å²) in [5, 5.41) is 17.1. The highest BCUT2D eigenvalue weighted by molar-refractivity contribution is 7.92. The van der Waals surface area contributed by atoms with Gasteiger partial charge in [-0.15, -0.1) is 0 Å². The van der Waals surface area contributed by atoms with Crippen LogP contribution in [0.4, 0.5) is 5.69 Å². The second kappa shape index (κ2) is 10.4. The van der Waals surface area contributed by atoms with Crippen LogP contribution in [0.2, 0.25) is 0 Å². The van der Waals surface area contributed by atoms with Gasteiger partial charge in [0.05, 0.1) is 10.6 Å². The number of aryl methyl sites for hydroxylation is 2. The van der Waals surface area contributed by atoms with Crippen molar-refractivity contribution in [2.24, 2.45) is 5.92 Å². The average Bonchev–Trinajstić information content (AvgIpc) is 3.54. The molecule has 1 aliphatic heterocycles. The number of carboxylic acid groups (broad SMARTS) is 1. The van der Waals surface area contributed by atoms with E-state index in [0.29, 0.717) is 35.7 Å². The molecule has 0 bridgehead atoms. The lowest BCUT2D eigenvalue weighted by Gasteiger charge is -2.23. The zero-order chi connectivity index (χ0) is 26.0. The van der Waals surface area contributed by atoms with Gasteiger partial charge in [-0.25, -0.2) is 18.0 Å². The SMILES string of the molecule is O=C(O)[C@@H]1CCc2cc(S(=O)(=O)Nc3ccc(-n4nnn(CCCC5CCCC5)c4=O)cc3)ccc2O1. The van der Waals surface area contributed by atoms with Crippen LogP contribution in [0.25, 0.3) is 5.69 Å². The summed E-state index contributed by atoms with van der Waals surface area (Å²) < 4.78 is 36.4. The third-order valence-electron chi connectivity index (χ3n) is 7.02. The zero-order valence-corrected chi connectivity index (χ0v) is 21.1. The summed E-state index contributed by atoms with van der Waals surface area (Å²) in [7, 11) is -3.90. The van der Waals surface area contributed by atoms with Crippen LogP contribution in [0.1, 0.15) is 50.5 Å². The number of carboxylic acids is 1. The molecule has 0 spiro atoms. The maximum absolute atomic E-state index is 12.9. The summed E-state index contributed by atoms with van der Waals surface area (Å²) in [5.41, 5.74) is 1.11. The largest absolute Gasteiger partial charge is 0.479 e. The second-order valence-corrected chi connectivity index (χ2v) is 11.3. The van der Waals surface area contributed by atoms with Crippen LogP contribution < -0.4 is 15.1 Å². The number of aromatic nitrogens is 4. The quantitative estimate of drug-likeness (QED) is 0.432. The van der Waals surface area contributed by atoms with E-state index in [0.717, 1.165) is 18.8 Å². The Morgan fingerprint density at radius 2 is 1.84 bits per heavy atom. The van der Waals surface area contributed by atoms with E-state index in [9.17, 15) is 18.0 Å². The molecule has 3 aromatic rings. The molecule has 2 aliphatic rings. The second-order valence-electron chi connectivity index (χ2n) is 9.59. The van der Waals surface area contributed by atoms with Crippen molar-refractivity contribution in [2.45, 2.75) is 68.9 Å². The van der Waals surface area contributed by atoms with Crippen LogP contribution in [-0.2, 0) is 27.8 Å². The molecule has 11 nitrogen and oxygen atoms in total. The molecule has 1 aliphatic carbocycles. The van der Waals surface area contributed by atoms with E-state index in [1.165, 1.54) is 53.2 Å². The maximum Gasteiger partial charge on any atom is 0.368 e. The van der Waals surface area contributed by atoms with E-state index in [1.807, 2.05) is 0 Å². The van der Waals surface area contributed by atoms with Crippen molar-refractivity contribution in [1.82, 2.24) is 19.8 Å². The summed E-state index contributed by atoms with van der Waals surface area (Å²) in [5.74, 6) is 0.0802. The number of hydrogen-bond donors (Lipinski definition) is 2. The number of anilines is 1. The molecule has 0 saturated heterocycles. The highest BCUT2D eigenvalue weighted by atomic mass is 32.2. The number of nitrogens with zero attached hydrogens (tertiary/aromatic N) is 4. The number of carbonyl (C=O) groups is 1. The minimum Gasteiger partial charge on any atom is -0.479 e. The van der Waals surface area contributed by atoms with Gasteiger partial charge in [-0.05, 0) is 90.1 Å². The molecule has 12 heteroatoms.